The number of benzene rings is 1. The molecule has 150 valence electrons. The Morgan fingerprint density at radius 2 is 2.07 bits per heavy atom. The number of amides is 1. The molecule has 5 nitrogen and oxygen atoms in total. The molecule has 0 radical (unpaired) electrons. The fraction of sp³-hybridized carbons (Fsp3) is 0.667. The highest BCUT2D eigenvalue weighted by atomic mass is 35.5. The van der Waals surface area contributed by atoms with Gasteiger partial charge in [0.15, 0.2) is 0 Å². The van der Waals surface area contributed by atoms with E-state index in [1.807, 2.05) is 13.0 Å². The number of hydrogen-bond donors (Lipinski definition) is 3. The van der Waals surface area contributed by atoms with Gasteiger partial charge in [0.1, 0.15) is 6.23 Å². The van der Waals surface area contributed by atoms with Gasteiger partial charge in [-0.05, 0) is 63.1 Å². The second-order valence-electron chi connectivity index (χ2n) is 8.39. The maximum atomic E-state index is 12.9. The molecule has 1 amide bonds. The summed E-state index contributed by atoms with van der Waals surface area (Å²) in [6.07, 6.45) is 4.03. The first-order valence-electron chi connectivity index (χ1n) is 10.0. The van der Waals surface area contributed by atoms with Crippen LogP contribution in [0.5, 0.6) is 0 Å². The lowest BCUT2D eigenvalue weighted by molar-refractivity contribution is 0.00478. The number of aliphatic hydroxyl groups excluding tert-OH is 1. The van der Waals surface area contributed by atoms with Crippen LogP contribution in [-0.4, -0.2) is 42.9 Å². The Labute approximate surface area is 167 Å². The number of anilines is 1. The van der Waals surface area contributed by atoms with Crippen molar-refractivity contribution in [2.24, 2.45) is 11.8 Å². The van der Waals surface area contributed by atoms with Gasteiger partial charge >= 0.3 is 0 Å². The van der Waals surface area contributed by atoms with E-state index in [4.69, 9.17) is 11.6 Å². The molecule has 1 heterocycles. The third-order valence-electron chi connectivity index (χ3n) is 6.41. The first-order chi connectivity index (χ1) is 12.8. The number of hydrogen-bond acceptors (Lipinski definition) is 4. The SMILES string of the molecule is Cc1c(C(=O)NCC2C(C)CC(C)NC2O)cc(Cl)cc1N(C)C1CCC1. The molecule has 1 aromatic carbocycles. The summed E-state index contributed by atoms with van der Waals surface area (Å²) < 4.78 is 0. The van der Waals surface area contributed by atoms with Crippen LogP contribution in [0.15, 0.2) is 12.1 Å². The molecule has 2 fully saturated rings. The molecule has 3 N–H and O–H groups in total. The number of aliphatic hydroxyl groups is 1. The third-order valence-corrected chi connectivity index (χ3v) is 6.63. The normalized spacial score (nSPS) is 28.5. The van der Waals surface area contributed by atoms with Gasteiger partial charge in [0, 0.05) is 47.9 Å². The lowest BCUT2D eigenvalue weighted by atomic mass is 9.83. The second-order valence-corrected chi connectivity index (χ2v) is 8.83. The van der Waals surface area contributed by atoms with Crippen LogP contribution in [0.25, 0.3) is 0 Å². The zero-order valence-corrected chi connectivity index (χ0v) is 17.5. The number of halogens is 1. The average molecular weight is 394 g/mol. The van der Waals surface area contributed by atoms with Crippen LogP contribution in [-0.2, 0) is 0 Å². The molecular weight excluding hydrogens is 362 g/mol. The van der Waals surface area contributed by atoms with Gasteiger partial charge in [-0.1, -0.05) is 18.5 Å². The summed E-state index contributed by atoms with van der Waals surface area (Å²) in [6.45, 7) is 6.63. The molecule has 1 aliphatic heterocycles. The summed E-state index contributed by atoms with van der Waals surface area (Å²) >= 11 is 6.33. The van der Waals surface area contributed by atoms with E-state index in [1.54, 1.807) is 6.07 Å². The number of rotatable bonds is 5. The van der Waals surface area contributed by atoms with E-state index in [0.29, 0.717) is 35.1 Å². The summed E-state index contributed by atoms with van der Waals surface area (Å²) in [5.41, 5.74) is 2.59. The molecule has 0 spiro atoms. The van der Waals surface area contributed by atoms with Crippen LogP contribution in [0.2, 0.25) is 5.02 Å². The van der Waals surface area contributed by atoms with E-state index < -0.39 is 6.23 Å². The van der Waals surface area contributed by atoms with Crippen molar-refractivity contribution in [2.75, 3.05) is 18.5 Å². The number of nitrogens with one attached hydrogen (secondary N) is 2. The lowest BCUT2D eigenvalue weighted by Gasteiger charge is -2.38. The first-order valence-corrected chi connectivity index (χ1v) is 10.4. The molecule has 2 aliphatic rings. The quantitative estimate of drug-likeness (QED) is 0.718. The lowest BCUT2D eigenvalue weighted by Crippen LogP contribution is -2.53. The fourth-order valence-corrected chi connectivity index (χ4v) is 4.60. The van der Waals surface area contributed by atoms with Crippen molar-refractivity contribution >= 4 is 23.2 Å². The molecule has 1 saturated carbocycles. The number of carbonyl (C=O) groups excluding carboxylic acids is 1. The Morgan fingerprint density at radius 1 is 1.37 bits per heavy atom. The van der Waals surface area contributed by atoms with Gasteiger partial charge < -0.3 is 15.3 Å². The molecule has 0 aromatic heterocycles. The largest absolute Gasteiger partial charge is 0.378 e. The molecule has 1 aliphatic carbocycles. The highest BCUT2D eigenvalue weighted by Crippen LogP contribution is 2.33. The van der Waals surface area contributed by atoms with E-state index in [9.17, 15) is 9.90 Å². The average Bonchev–Trinajstić information content (AvgIpc) is 2.53. The van der Waals surface area contributed by atoms with E-state index in [0.717, 1.165) is 17.7 Å². The predicted octanol–water partition coefficient (Wildman–Crippen LogP) is 3.32. The van der Waals surface area contributed by atoms with Crippen LogP contribution in [0.4, 0.5) is 5.69 Å². The first kappa shape index (κ1) is 20.4. The van der Waals surface area contributed by atoms with Crippen LogP contribution >= 0.6 is 11.6 Å². The number of piperidine rings is 1. The van der Waals surface area contributed by atoms with Crippen LogP contribution in [0.1, 0.15) is 55.5 Å². The van der Waals surface area contributed by atoms with Crippen molar-refractivity contribution in [1.82, 2.24) is 10.6 Å². The Balaban J connectivity index is 1.72. The minimum absolute atomic E-state index is 0.00163. The Hall–Kier alpha value is -1.30. The predicted molar refractivity (Wildman–Crippen MR) is 110 cm³/mol. The maximum Gasteiger partial charge on any atom is 0.251 e. The van der Waals surface area contributed by atoms with Crippen LogP contribution in [0, 0.1) is 18.8 Å². The number of nitrogens with zero attached hydrogens (tertiary/aromatic N) is 1. The second kappa shape index (κ2) is 8.38. The van der Waals surface area contributed by atoms with Crippen molar-refractivity contribution in [3.63, 3.8) is 0 Å². The smallest absolute Gasteiger partial charge is 0.251 e. The summed E-state index contributed by atoms with van der Waals surface area (Å²) in [6, 6.07) is 4.52. The van der Waals surface area contributed by atoms with Gasteiger partial charge in [-0.25, -0.2) is 0 Å². The molecule has 0 bridgehead atoms. The highest BCUT2D eigenvalue weighted by Gasteiger charge is 2.32. The zero-order chi connectivity index (χ0) is 19.7. The van der Waals surface area contributed by atoms with Gasteiger partial charge in [-0.15, -0.1) is 0 Å². The van der Waals surface area contributed by atoms with Crippen molar-refractivity contribution in [2.45, 2.75) is 64.8 Å². The van der Waals surface area contributed by atoms with Crippen molar-refractivity contribution in [3.8, 4) is 0 Å². The standard InChI is InChI=1S/C21H32ClN3O2/c1-12-8-13(2)24-21(27)18(12)11-23-20(26)17-9-15(22)10-19(14(17)3)25(4)16-6-5-7-16/h9-10,12-13,16,18,21,24,27H,5-8,11H2,1-4H3,(H,23,26). The minimum Gasteiger partial charge on any atom is -0.378 e. The van der Waals surface area contributed by atoms with Gasteiger partial charge in [-0.2, -0.15) is 0 Å². The van der Waals surface area contributed by atoms with Crippen molar-refractivity contribution in [1.29, 1.82) is 0 Å². The monoisotopic (exact) mass is 393 g/mol. The molecule has 3 rings (SSSR count). The molecule has 1 aromatic rings. The molecule has 27 heavy (non-hydrogen) atoms. The fourth-order valence-electron chi connectivity index (χ4n) is 4.38. The third kappa shape index (κ3) is 4.41. The van der Waals surface area contributed by atoms with Gasteiger partial charge in [-0.3, -0.25) is 10.1 Å². The molecule has 6 heteroatoms. The van der Waals surface area contributed by atoms with Crippen LogP contribution < -0.4 is 15.5 Å². The van der Waals surface area contributed by atoms with Crippen molar-refractivity contribution in [3.05, 3.63) is 28.3 Å². The topological polar surface area (TPSA) is 64.6 Å². The molecule has 4 unspecified atom stereocenters. The Kier molecular flexibility index (Phi) is 6.34. The van der Waals surface area contributed by atoms with E-state index >= 15 is 0 Å². The zero-order valence-electron chi connectivity index (χ0n) is 16.8. The van der Waals surface area contributed by atoms with E-state index in [2.05, 4.69) is 36.4 Å². The van der Waals surface area contributed by atoms with Gasteiger partial charge in [0.25, 0.3) is 5.91 Å². The van der Waals surface area contributed by atoms with E-state index in [1.165, 1.54) is 19.3 Å². The van der Waals surface area contributed by atoms with Crippen LogP contribution in [0.3, 0.4) is 0 Å². The minimum atomic E-state index is -0.593. The summed E-state index contributed by atoms with van der Waals surface area (Å²) in [5, 5.41) is 17.1. The molecule has 4 atom stereocenters. The highest BCUT2D eigenvalue weighted by molar-refractivity contribution is 6.31. The summed E-state index contributed by atoms with van der Waals surface area (Å²) in [7, 11) is 2.08. The summed E-state index contributed by atoms with van der Waals surface area (Å²) in [5.74, 6) is 0.218. The summed E-state index contributed by atoms with van der Waals surface area (Å²) in [4.78, 5) is 15.1. The number of carbonyl (C=O) groups is 1. The molecular formula is C21H32ClN3O2. The molecule has 1 saturated heterocycles. The Morgan fingerprint density at radius 3 is 2.67 bits per heavy atom. The van der Waals surface area contributed by atoms with E-state index in [-0.39, 0.29) is 11.8 Å². The van der Waals surface area contributed by atoms with Gasteiger partial charge in [0.05, 0.1) is 0 Å². The Bertz CT molecular complexity index is 680. The van der Waals surface area contributed by atoms with Crippen molar-refractivity contribution < 1.29 is 9.90 Å². The maximum absolute atomic E-state index is 12.9. The van der Waals surface area contributed by atoms with Gasteiger partial charge in [0.2, 0.25) is 0 Å².